The number of carboxylic acid groups (broad SMARTS) is 1. The van der Waals surface area contributed by atoms with Gasteiger partial charge in [-0.1, -0.05) is 6.07 Å². The summed E-state index contributed by atoms with van der Waals surface area (Å²) in [5, 5.41) is 20.3. The molecule has 2 rings (SSSR count). The molecule has 21 heavy (non-hydrogen) atoms. The van der Waals surface area contributed by atoms with Crippen molar-refractivity contribution in [3.05, 3.63) is 29.8 Å². The summed E-state index contributed by atoms with van der Waals surface area (Å²) >= 11 is 0. The molecule has 1 amide bonds. The molecule has 6 nitrogen and oxygen atoms in total. The predicted molar refractivity (Wildman–Crippen MR) is 76.6 cm³/mol. The van der Waals surface area contributed by atoms with Crippen LogP contribution in [-0.2, 0) is 9.59 Å². The lowest BCUT2D eigenvalue weighted by Gasteiger charge is -2.15. The van der Waals surface area contributed by atoms with Crippen molar-refractivity contribution in [1.82, 2.24) is 4.90 Å². The lowest BCUT2D eigenvalue weighted by Crippen LogP contribution is -2.31. The first-order valence-corrected chi connectivity index (χ1v) is 6.81. The summed E-state index contributed by atoms with van der Waals surface area (Å²) in [5.41, 5.74) is 1.09. The number of likely N-dealkylation sites (tertiary alicyclic amines) is 1. The van der Waals surface area contributed by atoms with Gasteiger partial charge in [-0.05, 0) is 37.1 Å². The van der Waals surface area contributed by atoms with Crippen molar-refractivity contribution in [3.63, 3.8) is 0 Å². The van der Waals surface area contributed by atoms with E-state index in [1.165, 1.54) is 0 Å². The van der Waals surface area contributed by atoms with E-state index in [-0.39, 0.29) is 24.8 Å². The fraction of sp³-hybridized carbons (Fsp3) is 0.400. The van der Waals surface area contributed by atoms with Crippen LogP contribution in [0, 0.1) is 17.2 Å². The fourth-order valence-electron chi connectivity index (χ4n) is 2.54. The minimum Gasteiger partial charge on any atom is -0.481 e. The van der Waals surface area contributed by atoms with Crippen LogP contribution in [0.15, 0.2) is 24.3 Å². The van der Waals surface area contributed by atoms with Crippen LogP contribution < -0.4 is 5.32 Å². The van der Waals surface area contributed by atoms with Crippen LogP contribution in [0.5, 0.6) is 0 Å². The highest BCUT2D eigenvalue weighted by molar-refractivity contribution is 5.92. The highest BCUT2D eigenvalue weighted by Crippen LogP contribution is 2.19. The molecule has 110 valence electrons. The summed E-state index contributed by atoms with van der Waals surface area (Å²) in [5.74, 6) is -0.821. The molecule has 1 heterocycles. The number of nitriles is 1. The molecule has 0 radical (unpaired) electrons. The Morgan fingerprint density at radius 3 is 3.00 bits per heavy atom. The van der Waals surface area contributed by atoms with E-state index in [0.717, 1.165) is 13.0 Å². The molecule has 1 aliphatic heterocycles. The average molecular weight is 287 g/mol. The summed E-state index contributed by atoms with van der Waals surface area (Å²) in [4.78, 5) is 24.6. The van der Waals surface area contributed by atoms with Crippen LogP contribution in [0.1, 0.15) is 18.4 Å². The number of hydrogen-bond acceptors (Lipinski definition) is 4. The molecule has 1 aromatic carbocycles. The number of carbonyl (C=O) groups excluding carboxylic acids is 1. The fourth-order valence-corrected chi connectivity index (χ4v) is 2.54. The number of carbonyl (C=O) groups is 2. The molecule has 0 aliphatic carbocycles. The Morgan fingerprint density at radius 1 is 1.48 bits per heavy atom. The van der Waals surface area contributed by atoms with Gasteiger partial charge in [0, 0.05) is 18.7 Å². The molecule has 1 unspecified atom stereocenters. The van der Waals surface area contributed by atoms with E-state index in [4.69, 9.17) is 10.4 Å². The minimum absolute atomic E-state index is 0.122. The van der Waals surface area contributed by atoms with Crippen LogP contribution in [0.25, 0.3) is 0 Å². The van der Waals surface area contributed by atoms with Gasteiger partial charge in [0.2, 0.25) is 5.91 Å². The molecular formula is C15H17N3O3. The quantitative estimate of drug-likeness (QED) is 0.851. The van der Waals surface area contributed by atoms with E-state index >= 15 is 0 Å². The van der Waals surface area contributed by atoms with Gasteiger partial charge in [-0.15, -0.1) is 0 Å². The maximum Gasteiger partial charge on any atom is 0.303 e. The van der Waals surface area contributed by atoms with Gasteiger partial charge < -0.3 is 10.4 Å². The van der Waals surface area contributed by atoms with Crippen LogP contribution in [0.4, 0.5) is 5.69 Å². The smallest absolute Gasteiger partial charge is 0.303 e. The Morgan fingerprint density at radius 2 is 2.29 bits per heavy atom. The van der Waals surface area contributed by atoms with E-state index in [2.05, 4.69) is 5.32 Å². The number of benzene rings is 1. The van der Waals surface area contributed by atoms with Gasteiger partial charge >= 0.3 is 5.97 Å². The first-order chi connectivity index (χ1) is 10.1. The number of anilines is 1. The summed E-state index contributed by atoms with van der Waals surface area (Å²) in [6, 6.07) is 8.76. The first-order valence-electron chi connectivity index (χ1n) is 6.81. The van der Waals surface area contributed by atoms with Gasteiger partial charge in [0.25, 0.3) is 0 Å². The zero-order valence-electron chi connectivity index (χ0n) is 11.6. The molecule has 1 atom stereocenters. The Labute approximate surface area is 123 Å². The standard InChI is InChI=1S/C15H17N3O3/c16-8-11-2-1-3-13(6-11)17-14(19)10-18-5-4-12(9-18)7-15(20)21/h1-3,6,12H,4-5,7,9-10H2,(H,17,19)(H,20,21). The Balaban J connectivity index is 1.82. The number of aliphatic carboxylic acids is 1. The molecule has 0 bridgehead atoms. The van der Waals surface area contributed by atoms with Gasteiger partial charge in [-0.3, -0.25) is 14.5 Å². The summed E-state index contributed by atoms with van der Waals surface area (Å²) in [6.07, 6.45) is 0.964. The lowest BCUT2D eigenvalue weighted by atomic mass is 10.1. The summed E-state index contributed by atoms with van der Waals surface area (Å²) < 4.78 is 0. The van der Waals surface area contributed by atoms with Crippen molar-refractivity contribution in [2.24, 2.45) is 5.92 Å². The number of nitrogens with one attached hydrogen (secondary N) is 1. The molecule has 1 aliphatic rings. The number of nitrogens with zero attached hydrogens (tertiary/aromatic N) is 2. The second-order valence-corrected chi connectivity index (χ2v) is 5.23. The number of carboxylic acids is 1. The van der Waals surface area contributed by atoms with Crippen LogP contribution in [0.2, 0.25) is 0 Å². The number of hydrogen-bond donors (Lipinski definition) is 2. The Kier molecular flexibility index (Phi) is 4.90. The SMILES string of the molecule is N#Cc1cccc(NC(=O)CN2CCC(CC(=O)O)C2)c1. The van der Waals surface area contributed by atoms with Gasteiger partial charge in [0.1, 0.15) is 0 Å². The molecule has 2 N–H and O–H groups in total. The van der Waals surface area contributed by atoms with Crippen LogP contribution >= 0.6 is 0 Å². The van der Waals surface area contributed by atoms with Crippen molar-refractivity contribution in [2.45, 2.75) is 12.8 Å². The van der Waals surface area contributed by atoms with Crippen molar-refractivity contribution < 1.29 is 14.7 Å². The maximum atomic E-state index is 11.9. The number of rotatable bonds is 5. The third-order valence-corrected chi connectivity index (χ3v) is 3.48. The van der Waals surface area contributed by atoms with Crippen LogP contribution in [-0.4, -0.2) is 41.5 Å². The summed E-state index contributed by atoms with van der Waals surface area (Å²) in [7, 11) is 0. The van der Waals surface area contributed by atoms with E-state index in [0.29, 0.717) is 17.8 Å². The van der Waals surface area contributed by atoms with Crippen molar-refractivity contribution in [2.75, 3.05) is 25.0 Å². The second kappa shape index (κ2) is 6.86. The maximum absolute atomic E-state index is 11.9. The zero-order valence-corrected chi connectivity index (χ0v) is 11.6. The molecule has 1 aromatic rings. The lowest BCUT2D eigenvalue weighted by molar-refractivity contribution is -0.138. The van der Waals surface area contributed by atoms with Crippen molar-refractivity contribution in [1.29, 1.82) is 5.26 Å². The van der Waals surface area contributed by atoms with E-state index in [1.807, 2.05) is 11.0 Å². The van der Waals surface area contributed by atoms with Crippen molar-refractivity contribution >= 4 is 17.6 Å². The monoisotopic (exact) mass is 287 g/mol. The topological polar surface area (TPSA) is 93.4 Å². The minimum atomic E-state index is -0.792. The predicted octanol–water partition coefficient (Wildman–Crippen LogP) is 1.29. The largest absolute Gasteiger partial charge is 0.481 e. The average Bonchev–Trinajstić information content (AvgIpc) is 2.85. The van der Waals surface area contributed by atoms with Crippen molar-refractivity contribution in [3.8, 4) is 6.07 Å². The highest BCUT2D eigenvalue weighted by atomic mass is 16.4. The second-order valence-electron chi connectivity index (χ2n) is 5.23. The molecule has 1 saturated heterocycles. The first kappa shape index (κ1) is 15.0. The Hall–Kier alpha value is -2.39. The molecule has 0 aromatic heterocycles. The van der Waals surface area contributed by atoms with Gasteiger partial charge in [-0.2, -0.15) is 5.26 Å². The molecule has 0 saturated carbocycles. The third-order valence-electron chi connectivity index (χ3n) is 3.48. The zero-order chi connectivity index (χ0) is 15.2. The third kappa shape index (κ3) is 4.58. The summed E-state index contributed by atoms with van der Waals surface area (Å²) in [6.45, 7) is 1.62. The van der Waals surface area contributed by atoms with Gasteiger partial charge in [-0.25, -0.2) is 0 Å². The normalized spacial score (nSPS) is 18.1. The molecule has 6 heteroatoms. The molecule has 1 fully saturated rings. The Bertz CT molecular complexity index is 580. The van der Waals surface area contributed by atoms with E-state index in [1.54, 1.807) is 24.3 Å². The van der Waals surface area contributed by atoms with E-state index < -0.39 is 5.97 Å². The number of amides is 1. The van der Waals surface area contributed by atoms with Gasteiger partial charge in [0.15, 0.2) is 0 Å². The highest BCUT2D eigenvalue weighted by Gasteiger charge is 2.25. The molecule has 0 spiro atoms. The molecular weight excluding hydrogens is 270 g/mol. The van der Waals surface area contributed by atoms with E-state index in [9.17, 15) is 9.59 Å². The van der Waals surface area contributed by atoms with Gasteiger partial charge in [0.05, 0.1) is 18.2 Å². The van der Waals surface area contributed by atoms with Crippen LogP contribution in [0.3, 0.4) is 0 Å².